The second kappa shape index (κ2) is 59.6. The molecule has 70 heavy (non-hydrogen) atoms. The Morgan fingerprint density at radius 3 is 1.04 bits per heavy atom. The fraction of sp³-hybridized carbons (Fsp3) is 0.875. The summed E-state index contributed by atoms with van der Waals surface area (Å²) in [4.78, 5) is 24.5. The van der Waals surface area contributed by atoms with Crippen molar-refractivity contribution in [1.82, 2.24) is 5.32 Å². The predicted molar refractivity (Wildman–Crippen MR) is 306 cm³/mol. The Balaban J connectivity index is 3.50. The first-order chi connectivity index (χ1) is 34.5. The van der Waals surface area contributed by atoms with Crippen molar-refractivity contribution in [2.75, 3.05) is 13.2 Å². The molecule has 6 nitrogen and oxygen atoms in total. The molecule has 0 aliphatic rings. The second-order valence-electron chi connectivity index (χ2n) is 21.4. The predicted octanol–water partition coefficient (Wildman–Crippen LogP) is 19.6. The van der Waals surface area contributed by atoms with Crippen LogP contribution in [0.15, 0.2) is 36.5 Å². The standard InChI is InChI=1S/C64H121NO5/c1-3-5-7-9-11-13-15-17-18-19-20-21-22-23-24-25-26-27-30-33-36-40-44-48-52-56-62(67)61(60-66)65-63(68)57-53-49-45-41-37-34-31-28-29-32-35-39-43-47-51-55-59-70-64(69)58-54-50-46-42-38-16-14-12-10-8-6-4-2/h12,14,28,31,52,56,61-62,66-67H,3-11,13,15-27,29-30,32-51,53-55,57-60H2,1-2H3,(H,65,68)/b14-12-,31-28-,56-52+. The smallest absolute Gasteiger partial charge is 0.305 e. The third-order valence-corrected chi connectivity index (χ3v) is 14.4. The molecule has 1 amide bonds. The average molecular weight is 985 g/mol. The number of carbonyl (C=O) groups excluding carboxylic acids is 2. The number of carbonyl (C=O) groups is 2. The number of amides is 1. The Bertz CT molecular complexity index is 1130. The van der Waals surface area contributed by atoms with Gasteiger partial charge < -0.3 is 20.3 Å². The number of aliphatic hydroxyl groups is 2. The van der Waals surface area contributed by atoms with Gasteiger partial charge in [0, 0.05) is 12.8 Å². The van der Waals surface area contributed by atoms with Gasteiger partial charge in [-0.3, -0.25) is 9.59 Å². The highest BCUT2D eigenvalue weighted by atomic mass is 16.5. The van der Waals surface area contributed by atoms with Gasteiger partial charge in [0.2, 0.25) is 5.91 Å². The van der Waals surface area contributed by atoms with Gasteiger partial charge in [-0.15, -0.1) is 0 Å². The number of aliphatic hydroxyl groups excluding tert-OH is 2. The number of hydrogen-bond donors (Lipinski definition) is 3. The molecule has 0 saturated heterocycles. The quantitative estimate of drug-likeness (QED) is 0.0321. The number of rotatable bonds is 58. The number of esters is 1. The van der Waals surface area contributed by atoms with Crippen molar-refractivity contribution in [3.8, 4) is 0 Å². The van der Waals surface area contributed by atoms with E-state index in [9.17, 15) is 19.8 Å². The van der Waals surface area contributed by atoms with Crippen LogP contribution in [0.5, 0.6) is 0 Å². The molecule has 6 heteroatoms. The van der Waals surface area contributed by atoms with Gasteiger partial charge >= 0.3 is 5.97 Å². The molecule has 0 saturated carbocycles. The zero-order valence-corrected chi connectivity index (χ0v) is 47.0. The Hall–Kier alpha value is -1.92. The third-order valence-electron chi connectivity index (χ3n) is 14.4. The highest BCUT2D eigenvalue weighted by Gasteiger charge is 2.18. The molecular formula is C64H121NO5. The summed E-state index contributed by atoms with van der Waals surface area (Å²) in [6.45, 7) is 4.87. The van der Waals surface area contributed by atoms with Crippen molar-refractivity contribution >= 4 is 11.9 Å². The topological polar surface area (TPSA) is 95.9 Å². The zero-order valence-electron chi connectivity index (χ0n) is 47.0. The molecule has 0 radical (unpaired) electrons. The van der Waals surface area contributed by atoms with Gasteiger partial charge in [-0.2, -0.15) is 0 Å². The largest absolute Gasteiger partial charge is 0.466 e. The van der Waals surface area contributed by atoms with Crippen LogP contribution >= 0.6 is 0 Å². The molecule has 0 aromatic rings. The molecule has 0 bridgehead atoms. The summed E-state index contributed by atoms with van der Waals surface area (Å²) in [5, 5.41) is 23.2. The van der Waals surface area contributed by atoms with E-state index >= 15 is 0 Å². The van der Waals surface area contributed by atoms with E-state index in [1.54, 1.807) is 6.08 Å². The summed E-state index contributed by atoms with van der Waals surface area (Å²) in [5.74, 6) is -0.0962. The maximum Gasteiger partial charge on any atom is 0.305 e. The molecular weight excluding hydrogens is 863 g/mol. The Morgan fingerprint density at radius 2 is 0.671 bits per heavy atom. The first-order valence-electron chi connectivity index (χ1n) is 31.3. The van der Waals surface area contributed by atoms with Crippen LogP contribution in [-0.4, -0.2) is 47.4 Å². The van der Waals surface area contributed by atoms with Gasteiger partial charge in [-0.05, 0) is 83.5 Å². The number of unbranched alkanes of at least 4 members (excludes halogenated alkanes) is 43. The molecule has 2 unspecified atom stereocenters. The highest BCUT2D eigenvalue weighted by Crippen LogP contribution is 2.17. The van der Waals surface area contributed by atoms with Crippen LogP contribution in [0.1, 0.15) is 335 Å². The first-order valence-corrected chi connectivity index (χ1v) is 31.3. The summed E-state index contributed by atoms with van der Waals surface area (Å²) in [6, 6.07) is -0.642. The lowest BCUT2D eigenvalue weighted by atomic mass is 10.0. The summed E-state index contributed by atoms with van der Waals surface area (Å²) in [6.07, 6.45) is 74.7. The summed E-state index contributed by atoms with van der Waals surface area (Å²) >= 11 is 0. The summed E-state index contributed by atoms with van der Waals surface area (Å²) < 4.78 is 5.45. The van der Waals surface area contributed by atoms with E-state index in [1.807, 2.05) is 6.08 Å². The number of hydrogen-bond acceptors (Lipinski definition) is 5. The third kappa shape index (κ3) is 55.4. The van der Waals surface area contributed by atoms with Crippen LogP contribution in [0.2, 0.25) is 0 Å². The van der Waals surface area contributed by atoms with Gasteiger partial charge in [-0.1, -0.05) is 275 Å². The molecule has 0 aromatic heterocycles. The van der Waals surface area contributed by atoms with Crippen molar-refractivity contribution in [1.29, 1.82) is 0 Å². The highest BCUT2D eigenvalue weighted by molar-refractivity contribution is 5.76. The van der Waals surface area contributed by atoms with Crippen molar-refractivity contribution < 1.29 is 24.5 Å². The van der Waals surface area contributed by atoms with Crippen molar-refractivity contribution in [2.24, 2.45) is 0 Å². The van der Waals surface area contributed by atoms with Gasteiger partial charge in [0.1, 0.15) is 0 Å². The fourth-order valence-corrected chi connectivity index (χ4v) is 9.57. The van der Waals surface area contributed by atoms with Crippen LogP contribution in [0.4, 0.5) is 0 Å². The fourth-order valence-electron chi connectivity index (χ4n) is 9.57. The lowest BCUT2D eigenvalue weighted by molar-refractivity contribution is -0.143. The van der Waals surface area contributed by atoms with Crippen molar-refractivity contribution in [2.45, 2.75) is 347 Å². The summed E-state index contributed by atoms with van der Waals surface area (Å²) in [7, 11) is 0. The normalized spacial score (nSPS) is 12.8. The molecule has 0 fully saturated rings. The van der Waals surface area contributed by atoms with E-state index in [4.69, 9.17) is 4.74 Å². The molecule has 0 aliphatic heterocycles. The maximum atomic E-state index is 12.5. The molecule has 0 aliphatic carbocycles. The number of nitrogens with one attached hydrogen (secondary N) is 1. The van der Waals surface area contributed by atoms with Crippen LogP contribution in [-0.2, 0) is 14.3 Å². The molecule has 2 atom stereocenters. The Kier molecular flexibility index (Phi) is 58.0. The van der Waals surface area contributed by atoms with Crippen LogP contribution in [0.25, 0.3) is 0 Å². The van der Waals surface area contributed by atoms with Gasteiger partial charge in [0.15, 0.2) is 0 Å². The van der Waals surface area contributed by atoms with Crippen molar-refractivity contribution in [3.05, 3.63) is 36.5 Å². The second-order valence-corrected chi connectivity index (χ2v) is 21.4. The number of allylic oxidation sites excluding steroid dienone is 5. The van der Waals surface area contributed by atoms with Gasteiger partial charge in [0.25, 0.3) is 0 Å². The Morgan fingerprint density at radius 1 is 0.386 bits per heavy atom. The lowest BCUT2D eigenvalue weighted by Gasteiger charge is -2.20. The Labute approximate surface area is 436 Å². The zero-order chi connectivity index (χ0) is 50.7. The van der Waals surface area contributed by atoms with Crippen LogP contribution in [0.3, 0.4) is 0 Å². The molecule has 3 N–H and O–H groups in total. The minimum atomic E-state index is -0.857. The van der Waals surface area contributed by atoms with E-state index in [0.29, 0.717) is 19.4 Å². The minimum absolute atomic E-state index is 0.0137. The summed E-state index contributed by atoms with van der Waals surface area (Å²) in [5.41, 5.74) is 0. The SMILES string of the molecule is CCCCC/C=C\CCCCCCCC(=O)OCCCCCCCCC/C=C\CCCCCCCC(=O)NC(CO)C(O)/C=C/CCCCCCCCCCCCCCCCCCCCCCCCC. The minimum Gasteiger partial charge on any atom is -0.466 e. The van der Waals surface area contributed by atoms with E-state index < -0.39 is 12.1 Å². The monoisotopic (exact) mass is 984 g/mol. The van der Waals surface area contributed by atoms with E-state index in [-0.39, 0.29) is 18.5 Å². The van der Waals surface area contributed by atoms with E-state index in [2.05, 4.69) is 43.5 Å². The molecule has 0 rings (SSSR count). The molecule has 0 spiro atoms. The lowest BCUT2D eigenvalue weighted by Crippen LogP contribution is -2.45. The van der Waals surface area contributed by atoms with Crippen LogP contribution in [0, 0.1) is 0 Å². The van der Waals surface area contributed by atoms with Crippen LogP contribution < -0.4 is 5.32 Å². The molecule has 412 valence electrons. The first kappa shape index (κ1) is 68.1. The number of ether oxygens (including phenoxy) is 1. The van der Waals surface area contributed by atoms with Crippen molar-refractivity contribution in [3.63, 3.8) is 0 Å². The maximum absolute atomic E-state index is 12.5. The average Bonchev–Trinajstić information content (AvgIpc) is 3.36. The van der Waals surface area contributed by atoms with E-state index in [0.717, 1.165) is 64.2 Å². The van der Waals surface area contributed by atoms with E-state index in [1.165, 1.54) is 244 Å². The van der Waals surface area contributed by atoms with Gasteiger partial charge in [-0.25, -0.2) is 0 Å². The van der Waals surface area contributed by atoms with Gasteiger partial charge in [0.05, 0.1) is 25.4 Å². The molecule has 0 heterocycles. The molecule has 0 aromatic carbocycles.